The number of nitrogens with one attached hydrogen (secondary N) is 1. The Morgan fingerprint density at radius 1 is 1.29 bits per heavy atom. The van der Waals surface area contributed by atoms with Crippen LogP contribution in [0.1, 0.15) is 44.6 Å². The van der Waals surface area contributed by atoms with Crippen LogP contribution in [0.3, 0.4) is 0 Å². The van der Waals surface area contributed by atoms with Gasteiger partial charge in [-0.15, -0.1) is 0 Å². The lowest BCUT2D eigenvalue weighted by atomic mass is 10.0. The lowest BCUT2D eigenvalue weighted by Crippen LogP contribution is -2.08. The molecule has 2 rings (SSSR count). The van der Waals surface area contributed by atoms with E-state index in [0.29, 0.717) is 11.3 Å². The number of halogens is 2. The Morgan fingerprint density at radius 3 is 2.57 bits per heavy atom. The number of nitrogens with zero attached hydrogens (tertiary/aromatic N) is 1. The van der Waals surface area contributed by atoms with E-state index in [1.54, 1.807) is 32.9 Å². The normalized spacial score (nSPS) is 11.2. The number of nitriles is 1. The van der Waals surface area contributed by atoms with E-state index in [1.807, 2.05) is 0 Å². The van der Waals surface area contributed by atoms with Crippen molar-refractivity contribution < 1.29 is 27.8 Å². The average Bonchev–Trinajstić information content (AvgIpc) is 2.94. The fraction of sp³-hybridized carbons (Fsp3) is 0.250. The van der Waals surface area contributed by atoms with E-state index in [4.69, 9.17) is 4.74 Å². The summed E-state index contributed by atoms with van der Waals surface area (Å²) in [4.78, 5) is 27.7. The number of aryl methyl sites for hydroxylation is 1. The number of allylic oxidation sites excluding steroid dienone is 1. The van der Waals surface area contributed by atoms with Gasteiger partial charge in [-0.25, -0.2) is 4.79 Å². The molecule has 0 aliphatic heterocycles. The third-order valence-corrected chi connectivity index (χ3v) is 3.94. The first kappa shape index (κ1) is 20.8. The van der Waals surface area contributed by atoms with Gasteiger partial charge in [0, 0.05) is 11.3 Å². The summed E-state index contributed by atoms with van der Waals surface area (Å²) >= 11 is 0. The predicted molar refractivity (Wildman–Crippen MR) is 97.2 cm³/mol. The molecule has 6 nitrogen and oxygen atoms in total. The molecule has 0 saturated carbocycles. The Labute approximate surface area is 160 Å². The quantitative estimate of drug-likeness (QED) is 0.332. The molecule has 0 saturated heterocycles. The first-order valence-electron chi connectivity index (χ1n) is 8.36. The van der Waals surface area contributed by atoms with Crippen molar-refractivity contribution >= 4 is 17.8 Å². The van der Waals surface area contributed by atoms with E-state index in [1.165, 1.54) is 24.3 Å². The molecule has 28 heavy (non-hydrogen) atoms. The van der Waals surface area contributed by atoms with Crippen molar-refractivity contribution in [3.05, 3.63) is 57.9 Å². The largest absolute Gasteiger partial charge is 0.462 e. The van der Waals surface area contributed by atoms with Crippen molar-refractivity contribution in [3.63, 3.8) is 0 Å². The molecule has 1 aromatic carbocycles. The maximum absolute atomic E-state index is 12.8. The van der Waals surface area contributed by atoms with Crippen LogP contribution < -0.4 is 4.74 Å². The van der Waals surface area contributed by atoms with Gasteiger partial charge >= 0.3 is 12.6 Å². The van der Waals surface area contributed by atoms with Crippen molar-refractivity contribution in [2.75, 3.05) is 6.61 Å². The number of rotatable bonds is 7. The summed E-state index contributed by atoms with van der Waals surface area (Å²) in [6.45, 7) is 1.97. The summed E-state index contributed by atoms with van der Waals surface area (Å²) in [5.74, 6) is -1.42. The van der Waals surface area contributed by atoms with Gasteiger partial charge in [0.2, 0.25) is 5.78 Å². The van der Waals surface area contributed by atoms with Gasteiger partial charge in [-0.2, -0.15) is 14.0 Å². The van der Waals surface area contributed by atoms with Crippen LogP contribution in [0, 0.1) is 25.2 Å². The zero-order valence-corrected chi connectivity index (χ0v) is 15.5. The molecule has 0 amide bonds. The number of carbonyl (C=O) groups is 2. The van der Waals surface area contributed by atoms with Gasteiger partial charge in [-0.1, -0.05) is 18.2 Å². The van der Waals surface area contributed by atoms with Gasteiger partial charge in [0.25, 0.3) is 0 Å². The van der Waals surface area contributed by atoms with E-state index in [9.17, 15) is 23.6 Å². The topological polar surface area (TPSA) is 92.2 Å². The second-order valence-corrected chi connectivity index (χ2v) is 5.76. The molecule has 146 valence electrons. The summed E-state index contributed by atoms with van der Waals surface area (Å²) < 4.78 is 34.5. The van der Waals surface area contributed by atoms with Crippen LogP contribution in [0.4, 0.5) is 8.78 Å². The van der Waals surface area contributed by atoms with E-state index in [-0.39, 0.29) is 34.8 Å². The molecule has 1 N–H and O–H groups in total. The standard InChI is InChI=1S/C20H18F2N2O4/c1-4-27-19(26)16-11(2)17(24-12(16)3)18(25)14(10-23)9-13-7-5-6-8-15(13)28-20(21)22/h5-9,20,24H,4H2,1-3H3. The Bertz CT molecular complexity index is 971. The highest BCUT2D eigenvalue weighted by molar-refractivity contribution is 6.15. The maximum atomic E-state index is 12.8. The van der Waals surface area contributed by atoms with Crippen LogP contribution in [0.15, 0.2) is 29.8 Å². The predicted octanol–water partition coefficient (Wildman–Crippen LogP) is 4.20. The second kappa shape index (κ2) is 8.95. The van der Waals surface area contributed by atoms with E-state index >= 15 is 0 Å². The first-order chi connectivity index (χ1) is 13.3. The van der Waals surface area contributed by atoms with Crippen LogP contribution >= 0.6 is 0 Å². The van der Waals surface area contributed by atoms with Crippen LogP contribution in [0.25, 0.3) is 6.08 Å². The SMILES string of the molecule is CCOC(=O)c1c(C)[nH]c(C(=O)C(C#N)=Cc2ccccc2OC(F)F)c1C. The average molecular weight is 388 g/mol. The molecule has 0 bridgehead atoms. The summed E-state index contributed by atoms with van der Waals surface area (Å²) in [6, 6.07) is 7.58. The van der Waals surface area contributed by atoms with Gasteiger partial charge in [-0.05, 0) is 38.5 Å². The molecule has 0 fully saturated rings. The number of benzene rings is 1. The number of para-hydroxylation sites is 1. The molecule has 8 heteroatoms. The number of H-pyrrole nitrogens is 1. The third-order valence-electron chi connectivity index (χ3n) is 3.94. The molecular weight excluding hydrogens is 370 g/mol. The van der Waals surface area contributed by atoms with Gasteiger partial charge in [0.15, 0.2) is 0 Å². The Kier molecular flexibility index (Phi) is 6.66. The summed E-state index contributed by atoms with van der Waals surface area (Å²) in [5.41, 5.74) is 0.908. The zero-order chi connectivity index (χ0) is 20.8. The highest BCUT2D eigenvalue weighted by Crippen LogP contribution is 2.26. The summed E-state index contributed by atoms with van der Waals surface area (Å²) in [5, 5.41) is 9.42. The van der Waals surface area contributed by atoms with Crippen molar-refractivity contribution in [1.29, 1.82) is 5.26 Å². The first-order valence-corrected chi connectivity index (χ1v) is 8.36. The molecule has 0 spiro atoms. The van der Waals surface area contributed by atoms with Crippen LogP contribution in [0.5, 0.6) is 5.75 Å². The van der Waals surface area contributed by atoms with Crippen molar-refractivity contribution in [3.8, 4) is 11.8 Å². The number of hydrogen-bond acceptors (Lipinski definition) is 5. The van der Waals surface area contributed by atoms with Crippen LogP contribution in [-0.4, -0.2) is 30.0 Å². The van der Waals surface area contributed by atoms with Crippen molar-refractivity contribution in [2.45, 2.75) is 27.4 Å². The fourth-order valence-electron chi connectivity index (χ4n) is 2.73. The van der Waals surface area contributed by atoms with E-state index in [2.05, 4.69) is 9.72 Å². The number of alkyl halides is 2. The van der Waals surface area contributed by atoms with Gasteiger partial charge in [0.1, 0.15) is 17.4 Å². The molecular formula is C20H18F2N2O4. The second-order valence-electron chi connectivity index (χ2n) is 5.76. The van der Waals surface area contributed by atoms with Crippen LogP contribution in [0.2, 0.25) is 0 Å². The number of aromatic amines is 1. The number of ketones is 1. The number of hydrogen-bond donors (Lipinski definition) is 1. The fourth-order valence-corrected chi connectivity index (χ4v) is 2.73. The van der Waals surface area contributed by atoms with Gasteiger partial charge < -0.3 is 14.5 Å². The minimum absolute atomic E-state index is 0.0561. The highest BCUT2D eigenvalue weighted by atomic mass is 19.3. The Balaban J connectivity index is 2.46. The van der Waals surface area contributed by atoms with E-state index in [0.717, 1.165) is 0 Å². The molecule has 0 aliphatic carbocycles. The molecule has 1 heterocycles. The minimum atomic E-state index is -3.05. The third kappa shape index (κ3) is 4.43. The van der Waals surface area contributed by atoms with Crippen LogP contribution in [-0.2, 0) is 4.74 Å². The molecule has 1 aromatic heterocycles. The number of aromatic nitrogens is 1. The number of ether oxygens (including phenoxy) is 2. The Morgan fingerprint density at radius 2 is 1.96 bits per heavy atom. The van der Waals surface area contributed by atoms with Crippen molar-refractivity contribution in [2.24, 2.45) is 0 Å². The Hall–Kier alpha value is -3.47. The summed E-state index contributed by atoms with van der Waals surface area (Å²) in [6.07, 6.45) is 1.17. The lowest BCUT2D eigenvalue weighted by Gasteiger charge is -2.08. The monoisotopic (exact) mass is 388 g/mol. The minimum Gasteiger partial charge on any atom is -0.462 e. The van der Waals surface area contributed by atoms with Gasteiger partial charge in [-0.3, -0.25) is 4.79 Å². The number of Topliss-reactive ketones (excluding diaryl/α,β-unsaturated/α-hetero) is 1. The van der Waals surface area contributed by atoms with Gasteiger partial charge in [0.05, 0.1) is 17.9 Å². The molecule has 0 radical (unpaired) electrons. The maximum Gasteiger partial charge on any atom is 0.387 e. The van der Waals surface area contributed by atoms with E-state index < -0.39 is 18.4 Å². The lowest BCUT2D eigenvalue weighted by molar-refractivity contribution is -0.0499. The summed E-state index contributed by atoms with van der Waals surface area (Å²) in [7, 11) is 0. The van der Waals surface area contributed by atoms with Crippen molar-refractivity contribution in [1.82, 2.24) is 4.98 Å². The molecule has 0 atom stereocenters. The number of esters is 1. The molecule has 0 unspecified atom stereocenters. The molecule has 2 aromatic rings. The zero-order valence-electron chi connectivity index (χ0n) is 15.5. The molecule has 0 aliphatic rings. The number of carbonyl (C=O) groups excluding carboxylic acids is 2. The smallest absolute Gasteiger partial charge is 0.387 e. The highest BCUT2D eigenvalue weighted by Gasteiger charge is 2.25.